The number of ketones is 2. The van der Waals surface area contributed by atoms with E-state index >= 15 is 0 Å². The summed E-state index contributed by atoms with van der Waals surface area (Å²) < 4.78 is 13.3. The van der Waals surface area contributed by atoms with E-state index in [0.29, 0.717) is 75.3 Å². The van der Waals surface area contributed by atoms with Crippen LogP contribution in [0.25, 0.3) is 41.7 Å². The number of aryl methyl sites for hydroxylation is 4. The Hall–Kier alpha value is -10.6. The largest absolute Gasteiger partial charge is 0.550 e. The highest BCUT2D eigenvalue weighted by Gasteiger charge is 2.42. The van der Waals surface area contributed by atoms with Gasteiger partial charge in [-0.3, -0.25) is 24.4 Å². The molecule has 0 radical (unpaired) electrons. The lowest BCUT2D eigenvalue weighted by atomic mass is 9.84. The van der Waals surface area contributed by atoms with E-state index < -0.39 is 48.6 Å². The summed E-state index contributed by atoms with van der Waals surface area (Å²) in [5.41, 5.74) is 22.4. The van der Waals surface area contributed by atoms with Gasteiger partial charge in [0.25, 0.3) is 0 Å². The number of pyridine rings is 2. The molecular formula is C105H123N4O17S2-. The molecule has 678 valence electrons. The molecule has 0 aliphatic heterocycles. The van der Waals surface area contributed by atoms with E-state index in [0.717, 1.165) is 161 Å². The van der Waals surface area contributed by atoms with Gasteiger partial charge in [0.2, 0.25) is 0 Å². The molecule has 0 amide bonds. The molecule has 2 fully saturated rings. The lowest BCUT2D eigenvalue weighted by molar-refractivity contribution is -0.305. The Morgan fingerprint density at radius 3 is 1.18 bits per heavy atom. The Labute approximate surface area is 757 Å². The molecule has 0 spiro atoms. The quantitative estimate of drug-likeness (QED) is 0.0127. The van der Waals surface area contributed by atoms with Gasteiger partial charge < -0.3 is 71.7 Å². The highest BCUT2D eigenvalue weighted by Crippen LogP contribution is 2.44. The molecule has 12 aromatic rings. The van der Waals surface area contributed by atoms with Crippen LogP contribution in [0.2, 0.25) is 0 Å². The summed E-state index contributed by atoms with van der Waals surface area (Å²) in [6.07, 6.45) is 16.7. The standard InChI is InChI=1S/2C29H28N2O3.2C23H32O5S.CH4O/c2*1-19-3-10-26(20(2)13-19)29(33)34-18-21-4-7-23(8-5-21)27(16-30)28(32)15-22-6-9-25-17-31-12-11-24(25)14-22;2*24-18(22-13-15-7-5-6-9-21(15)29-22)12-11-17-16(19(25)14-20(17)26)8-3-1-2-4-10-23(27)28;1-2/h2*3-14,17,27H,15-16,18,30H2,1-2H3;2*5-7,9,13,16-20,24-26H,1-4,8,10-12,14H2,(H,27,28);2H,1H3/p-1/t2*27-;2*16-,17-,18-,19+,20-;/m1111./s1. The molecule has 23 heteroatoms. The number of carbonyl (C=O) groups excluding carboxylic acids is 5. The Bertz CT molecular complexity index is 5180. The highest BCUT2D eigenvalue weighted by atomic mass is 32.1. The predicted octanol–water partition coefficient (Wildman–Crippen LogP) is 17.4. The number of unbranched alkanes of at least 4 members (excludes halogenated alkanes) is 6. The zero-order valence-corrected chi connectivity index (χ0v) is 75.4. The van der Waals surface area contributed by atoms with E-state index in [1.807, 2.05) is 210 Å². The molecule has 12 atom stereocenters. The molecule has 2 saturated carbocycles. The van der Waals surface area contributed by atoms with E-state index in [-0.39, 0.29) is 98.2 Å². The van der Waals surface area contributed by atoms with Gasteiger partial charge in [0.05, 0.1) is 59.6 Å². The predicted molar refractivity (Wildman–Crippen MR) is 503 cm³/mol. The maximum absolute atomic E-state index is 13.0. The third-order valence-corrected chi connectivity index (χ3v) is 27.0. The van der Waals surface area contributed by atoms with E-state index in [1.54, 1.807) is 47.2 Å². The number of rotatable bonds is 38. The van der Waals surface area contributed by atoms with Crippen molar-refractivity contribution in [3.05, 3.63) is 295 Å². The second-order valence-corrected chi connectivity index (χ2v) is 36.1. The molecule has 0 bridgehead atoms. The normalized spacial score (nSPS) is 17.9. The van der Waals surface area contributed by atoms with Crippen LogP contribution in [0, 0.1) is 51.4 Å². The number of aliphatic carboxylic acids is 2. The van der Waals surface area contributed by atoms with Crippen molar-refractivity contribution in [3.8, 4) is 0 Å². The molecule has 14 rings (SSSR count). The number of thiophene rings is 2. The molecule has 4 aromatic heterocycles. The van der Waals surface area contributed by atoms with Gasteiger partial charge in [0.15, 0.2) is 0 Å². The zero-order valence-electron chi connectivity index (χ0n) is 73.8. The van der Waals surface area contributed by atoms with Crippen LogP contribution >= 0.6 is 22.7 Å². The minimum atomic E-state index is -1.00. The fourth-order valence-corrected chi connectivity index (χ4v) is 19.7. The molecular weight excluding hydrogens is 1650 g/mol. The second-order valence-electron chi connectivity index (χ2n) is 33.9. The number of carbonyl (C=O) groups is 6. The lowest BCUT2D eigenvalue weighted by Gasteiger charge is -2.24. The summed E-state index contributed by atoms with van der Waals surface area (Å²) in [6, 6.07) is 62.5. The molecule has 12 N–H and O–H groups in total. The number of esters is 2. The van der Waals surface area contributed by atoms with E-state index in [9.17, 15) is 64.5 Å². The van der Waals surface area contributed by atoms with Crippen LogP contribution in [0.15, 0.2) is 219 Å². The van der Waals surface area contributed by atoms with Crippen molar-refractivity contribution in [2.75, 3.05) is 20.2 Å². The summed E-state index contributed by atoms with van der Waals surface area (Å²) in [4.78, 5) is 82.1. The monoisotopic (exact) mass is 1780 g/mol. The first-order valence-electron chi connectivity index (χ1n) is 44.5. The summed E-state index contributed by atoms with van der Waals surface area (Å²) >= 11 is 3.22. The lowest BCUT2D eigenvalue weighted by Crippen LogP contribution is -2.23. The summed E-state index contributed by atoms with van der Waals surface area (Å²) in [6.45, 7) is 8.58. The molecule has 2 aliphatic rings. The highest BCUT2D eigenvalue weighted by molar-refractivity contribution is 7.19. The van der Waals surface area contributed by atoms with Crippen molar-refractivity contribution in [2.45, 2.75) is 218 Å². The molecule has 8 aromatic carbocycles. The van der Waals surface area contributed by atoms with Gasteiger partial charge in [-0.15, -0.1) is 22.7 Å². The Balaban J connectivity index is 0.000000177. The number of aliphatic hydroxyl groups is 7. The fraction of sp³-hybridized carbons (Fsp3) is 0.390. The van der Waals surface area contributed by atoms with Crippen molar-refractivity contribution in [2.24, 2.45) is 35.1 Å². The first kappa shape index (κ1) is 99.5. The summed E-state index contributed by atoms with van der Waals surface area (Å²) in [5, 5.41) is 95.5. The van der Waals surface area contributed by atoms with Gasteiger partial charge in [-0.2, -0.15) is 0 Å². The number of fused-ring (bicyclic) bond motifs is 4. The van der Waals surface area contributed by atoms with Gasteiger partial charge in [-0.05, 0) is 237 Å². The van der Waals surface area contributed by atoms with Gasteiger partial charge >= 0.3 is 17.9 Å². The number of nitrogens with zero attached hydrogens (tertiary/aromatic N) is 2. The number of carboxylic acids is 2. The first-order valence-corrected chi connectivity index (χ1v) is 46.1. The summed E-state index contributed by atoms with van der Waals surface area (Å²) in [7, 11) is 1.00. The smallest absolute Gasteiger partial charge is 0.338 e. The van der Waals surface area contributed by atoms with Gasteiger partial charge in [0, 0.05) is 100 Å². The van der Waals surface area contributed by atoms with Crippen LogP contribution < -0.4 is 16.6 Å². The summed E-state index contributed by atoms with van der Waals surface area (Å²) in [5.74, 6) is -2.97. The maximum atomic E-state index is 13.0. The van der Waals surface area contributed by atoms with E-state index in [2.05, 4.69) is 22.1 Å². The molecule has 4 heterocycles. The number of hydrogen-bond donors (Lipinski definition) is 10. The van der Waals surface area contributed by atoms with Crippen molar-refractivity contribution in [1.29, 1.82) is 0 Å². The number of ether oxygens (including phenoxy) is 2. The van der Waals surface area contributed by atoms with E-state index in [4.69, 9.17) is 31.2 Å². The molecule has 2 aliphatic carbocycles. The Morgan fingerprint density at radius 2 is 0.805 bits per heavy atom. The topological polar surface area (TPSA) is 384 Å². The van der Waals surface area contributed by atoms with Crippen LogP contribution in [0.1, 0.15) is 226 Å². The minimum absolute atomic E-state index is 0.00255. The number of carboxylic acid groups (broad SMARTS) is 2. The number of aliphatic hydroxyl groups excluding tert-OH is 7. The number of aromatic nitrogens is 2. The van der Waals surface area contributed by atoms with Crippen molar-refractivity contribution < 1.29 is 84.2 Å². The third-order valence-electron chi connectivity index (χ3n) is 24.6. The van der Waals surface area contributed by atoms with Gasteiger partial charge in [-0.1, -0.05) is 195 Å². The number of hydrogen-bond acceptors (Lipinski definition) is 22. The van der Waals surface area contributed by atoms with Crippen LogP contribution in [0.3, 0.4) is 0 Å². The van der Waals surface area contributed by atoms with Crippen LogP contribution in [0.4, 0.5) is 0 Å². The number of Topliss-reactive ketones (excluding diaryl/α,β-unsaturated/α-hetero) is 2. The second kappa shape index (κ2) is 50.4. The first-order chi connectivity index (χ1) is 61.8. The van der Waals surface area contributed by atoms with Crippen molar-refractivity contribution in [1.82, 2.24) is 9.97 Å². The van der Waals surface area contributed by atoms with Crippen molar-refractivity contribution in [3.63, 3.8) is 0 Å². The molecule has 0 unspecified atom stereocenters. The van der Waals surface area contributed by atoms with Crippen LogP contribution in [0.5, 0.6) is 0 Å². The fourth-order valence-electron chi connectivity index (χ4n) is 17.6. The van der Waals surface area contributed by atoms with E-state index in [1.165, 1.54) is 4.70 Å². The number of benzene rings is 8. The molecule has 0 saturated heterocycles. The van der Waals surface area contributed by atoms with Crippen LogP contribution in [-0.2, 0) is 54.7 Å². The maximum Gasteiger partial charge on any atom is 0.338 e. The Kier molecular flexibility index (Phi) is 39.2. The van der Waals surface area contributed by atoms with Gasteiger partial charge in [-0.25, -0.2) is 9.59 Å². The number of nitrogens with two attached hydrogens (primary N) is 2. The minimum Gasteiger partial charge on any atom is -0.550 e. The average molecular weight is 1780 g/mol. The average Bonchev–Trinajstić information content (AvgIpc) is 1.71. The molecule has 21 nitrogen and oxygen atoms in total. The van der Waals surface area contributed by atoms with Crippen LogP contribution in [-0.4, -0.2) is 131 Å². The SMILES string of the molecule is CO.Cc1ccc(C(=O)OCc2ccc([C@@H](CN)C(=O)Cc3ccc4cnccc4c3)cc2)c(C)c1.Cc1ccc(C(=O)OCc2ccc([C@@H](CN)C(=O)Cc3ccc4cnccc4c3)cc2)c(C)c1.O=C(O)CCCCCC[C@@H]1[C@@H](CC[C@@H](O)c2cc3ccccc3s2)[C@H](O)C[C@@H]1O.O=C([O-])CCCCCC[C@@H]1[C@@H](CC[C@@H](O)c2cc3ccccc3s2)[C@H](O)C[C@@H]1O. The molecule has 128 heavy (non-hydrogen) atoms. The third kappa shape index (κ3) is 29.2. The van der Waals surface area contributed by atoms with Gasteiger partial charge in [0.1, 0.15) is 24.8 Å². The van der Waals surface area contributed by atoms with Crippen molar-refractivity contribution >= 4 is 99.8 Å². The zero-order chi connectivity index (χ0) is 91.8. The Morgan fingerprint density at radius 1 is 0.430 bits per heavy atom.